The summed E-state index contributed by atoms with van der Waals surface area (Å²) in [5.41, 5.74) is 1.26. The van der Waals surface area contributed by atoms with Gasteiger partial charge in [-0.15, -0.1) is 0 Å². The third-order valence-electron chi connectivity index (χ3n) is 4.60. The zero-order valence-corrected chi connectivity index (χ0v) is 15.6. The van der Waals surface area contributed by atoms with Crippen molar-refractivity contribution in [3.05, 3.63) is 42.0 Å². The average molecular weight is 339 g/mol. The van der Waals surface area contributed by atoms with Crippen LogP contribution in [0.1, 0.15) is 5.56 Å². The summed E-state index contributed by atoms with van der Waals surface area (Å²) >= 11 is 0. The van der Waals surface area contributed by atoms with Crippen LogP contribution in [0.4, 0.5) is 0 Å². The Hall–Kier alpha value is -2.46. The van der Waals surface area contributed by atoms with Crippen LogP contribution in [0.15, 0.2) is 36.4 Å². The maximum Gasteiger partial charge on any atom is 0.169 e. The van der Waals surface area contributed by atoms with E-state index in [0.29, 0.717) is 0 Å². The Morgan fingerprint density at radius 1 is 0.800 bits per heavy atom. The van der Waals surface area contributed by atoms with Crippen LogP contribution in [0.3, 0.4) is 0 Å². The number of fused-ring (bicyclic) bond motifs is 3. The van der Waals surface area contributed by atoms with Crippen LogP contribution in [0, 0.1) is 0 Å². The summed E-state index contributed by atoms with van der Waals surface area (Å²) in [6.45, 7) is 0.973. The third-order valence-corrected chi connectivity index (χ3v) is 4.60. The molecule has 0 aliphatic heterocycles. The second-order valence-corrected chi connectivity index (χ2v) is 6.37. The molecule has 0 aromatic heterocycles. The normalized spacial score (nSPS) is 11.3. The molecule has 4 nitrogen and oxygen atoms in total. The summed E-state index contributed by atoms with van der Waals surface area (Å²) in [5, 5.41) is 4.45. The van der Waals surface area contributed by atoms with Gasteiger partial charge < -0.3 is 19.1 Å². The number of ether oxygens (including phenoxy) is 3. The first kappa shape index (κ1) is 17.4. The van der Waals surface area contributed by atoms with Gasteiger partial charge in [-0.05, 0) is 49.0 Å². The molecule has 25 heavy (non-hydrogen) atoms. The molecule has 0 saturated heterocycles. The molecule has 0 aliphatic rings. The molecule has 132 valence electrons. The van der Waals surface area contributed by atoms with E-state index in [2.05, 4.69) is 43.3 Å². The molecule has 3 rings (SSSR count). The fourth-order valence-electron chi connectivity index (χ4n) is 3.35. The van der Waals surface area contributed by atoms with Gasteiger partial charge in [0.05, 0.1) is 21.3 Å². The lowest BCUT2D eigenvalue weighted by Gasteiger charge is -2.18. The van der Waals surface area contributed by atoms with Gasteiger partial charge >= 0.3 is 0 Å². The van der Waals surface area contributed by atoms with Crippen molar-refractivity contribution in [3.63, 3.8) is 0 Å². The third kappa shape index (κ3) is 3.10. The molecule has 0 spiro atoms. The molecule has 3 aromatic rings. The Labute approximate surface area is 148 Å². The zero-order chi connectivity index (χ0) is 18.0. The van der Waals surface area contributed by atoms with Crippen molar-refractivity contribution in [2.45, 2.75) is 6.42 Å². The van der Waals surface area contributed by atoms with E-state index in [0.717, 1.165) is 46.4 Å². The average Bonchev–Trinajstić information content (AvgIpc) is 2.64. The largest absolute Gasteiger partial charge is 0.496 e. The van der Waals surface area contributed by atoms with Crippen LogP contribution in [-0.4, -0.2) is 46.9 Å². The number of nitrogens with zero attached hydrogens (tertiary/aromatic N) is 1. The van der Waals surface area contributed by atoms with Gasteiger partial charge in [-0.1, -0.05) is 24.3 Å². The molecule has 0 fully saturated rings. The predicted molar refractivity (Wildman–Crippen MR) is 103 cm³/mol. The van der Waals surface area contributed by atoms with E-state index in [4.69, 9.17) is 14.2 Å². The van der Waals surface area contributed by atoms with Gasteiger partial charge in [0.1, 0.15) is 5.75 Å². The van der Waals surface area contributed by atoms with Crippen LogP contribution in [0.25, 0.3) is 21.5 Å². The smallest absolute Gasteiger partial charge is 0.169 e. The number of methoxy groups -OCH3 is 3. The van der Waals surface area contributed by atoms with E-state index in [1.54, 1.807) is 21.3 Å². The van der Waals surface area contributed by atoms with Gasteiger partial charge in [0, 0.05) is 17.3 Å². The Balaban J connectivity index is 2.38. The lowest BCUT2D eigenvalue weighted by molar-refractivity contribution is 0.358. The molecule has 0 unspecified atom stereocenters. The van der Waals surface area contributed by atoms with Crippen molar-refractivity contribution in [3.8, 4) is 17.2 Å². The van der Waals surface area contributed by atoms with Crippen molar-refractivity contribution in [2.24, 2.45) is 0 Å². The first-order chi connectivity index (χ1) is 12.1. The highest BCUT2D eigenvalue weighted by atomic mass is 16.5. The standard InChI is InChI=1S/C21H25NO3/c1-22(2)12-11-14-13-19(24-4)21(25-5)20-15(14)9-10-16-17(20)7-6-8-18(16)23-3/h6-10,13H,11-12H2,1-5H3. The molecule has 0 saturated carbocycles. The number of hydrogen-bond donors (Lipinski definition) is 0. The molecule has 4 heteroatoms. The summed E-state index contributed by atoms with van der Waals surface area (Å²) in [5.74, 6) is 2.39. The van der Waals surface area contributed by atoms with Crippen LogP contribution >= 0.6 is 0 Å². The number of benzene rings is 3. The first-order valence-electron chi connectivity index (χ1n) is 8.38. The Morgan fingerprint density at radius 3 is 2.16 bits per heavy atom. The minimum atomic E-state index is 0.763. The van der Waals surface area contributed by atoms with Crippen LogP contribution in [0.2, 0.25) is 0 Å². The van der Waals surface area contributed by atoms with E-state index in [1.807, 2.05) is 12.1 Å². The lowest BCUT2D eigenvalue weighted by atomic mass is 9.95. The van der Waals surface area contributed by atoms with Crippen LogP contribution in [0.5, 0.6) is 17.2 Å². The van der Waals surface area contributed by atoms with Gasteiger partial charge in [-0.2, -0.15) is 0 Å². The highest BCUT2D eigenvalue weighted by Gasteiger charge is 2.17. The maximum absolute atomic E-state index is 5.74. The second kappa shape index (κ2) is 7.19. The summed E-state index contributed by atoms with van der Waals surface area (Å²) in [4.78, 5) is 2.19. The van der Waals surface area contributed by atoms with Gasteiger partial charge in [-0.3, -0.25) is 0 Å². The molecular weight excluding hydrogens is 314 g/mol. The molecule has 0 aliphatic carbocycles. The molecule has 3 aromatic carbocycles. The van der Waals surface area contributed by atoms with Gasteiger partial charge in [0.15, 0.2) is 11.5 Å². The maximum atomic E-state index is 5.74. The summed E-state index contributed by atoms with van der Waals surface area (Å²) in [6, 6.07) is 12.5. The SMILES string of the molecule is COc1cc(CCN(C)C)c2ccc3c(OC)cccc3c2c1OC. The molecule has 0 heterocycles. The molecule has 0 radical (unpaired) electrons. The Kier molecular flexibility index (Phi) is 5.00. The fraction of sp³-hybridized carbons (Fsp3) is 0.333. The molecular formula is C21H25NO3. The molecule has 0 amide bonds. The van der Waals surface area contributed by atoms with Gasteiger partial charge in [0.25, 0.3) is 0 Å². The van der Waals surface area contributed by atoms with Crippen molar-refractivity contribution in [2.75, 3.05) is 42.0 Å². The number of hydrogen-bond acceptors (Lipinski definition) is 4. The van der Waals surface area contributed by atoms with Crippen LogP contribution in [-0.2, 0) is 6.42 Å². The molecule has 0 bridgehead atoms. The second-order valence-electron chi connectivity index (χ2n) is 6.37. The monoisotopic (exact) mass is 339 g/mol. The summed E-state index contributed by atoms with van der Waals surface area (Å²) in [7, 11) is 9.25. The van der Waals surface area contributed by atoms with E-state index in [9.17, 15) is 0 Å². The van der Waals surface area contributed by atoms with E-state index in [1.165, 1.54) is 10.9 Å². The van der Waals surface area contributed by atoms with E-state index < -0.39 is 0 Å². The van der Waals surface area contributed by atoms with E-state index in [-0.39, 0.29) is 0 Å². The lowest BCUT2D eigenvalue weighted by Crippen LogP contribution is -2.15. The van der Waals surface area contributed by atoms with Crippen LogP contribution < -0.4 is 14.2 Å². The summed E-state index contributed by atoms with van der Waals surface area (Å²) < 4.78 is 16.9. The van der Waals surface area contributed by atoms with Crippen molar-refractivity contribution >= 4 is 21.5 Å². The Bertz CT molecular complexity index is 903. The molecule has 0 N–H and O–H groups in total. The fourth-order valence-corrected chi connectivity index (χ4v) is 3.35. The summed E-state index contributed by atoms with van der Waals surface area (Å²) in [6.07, 6.45) is 0.944. The minimum absolute atomic E-state index is 0.763. The Morgan fingerprint density at radius 2 is 1.52 bits per heavy atom. The minimum Gasteiger partial charge on any atom is -0.496 e. The molecule has 0 atom stereocenters. The van der Waals surface area contributed by atoms with Crippen molar-refractivity contribution in [1.82, 2.24) is 4.90 Å². The topological polar surface area (TPSA) is 30.9 Å². The highest BCUT2D eigenvalue weighted by Crippen LogP contribution is 2.43. The van der Waals surface area contributed by atoms with Crippen molar-refractivity contribution < 1.29 is 14.2 Å². The number of likely N-dealkylation sites (N-methyl/N-ethyl adjacent to an activating group) is 1. The van der Waals surface area contributed by atoms with Gasteiger partial charge in [0.2, 0.25) is 0 Å². The van der Waals surface area contributed by atoms with Gasteiger partial charge in [-0.25, -0.2) is 0 Å². The highest BCUT2D eigenvalue weighted by molar-refractivity contribution is 6.14. The number of rotatable bonds is 6. The predicted octanol–water partition coefficient (Wildman–Crippen LogP) is 4.12. The first-order valence-corrected chi connectivity index (χ1v) is 8.38. The van der Waals surface area contributed by atoms with Crippen molar-refractivity contribution in [1.29, 1.82) is 0 Å². The quantitative estimate of drug-likeness (QED) is 0.632. The van der Waals surface area contributed by atoms with E-state index >= 15 is 0 Å². The zero-order valence-electron chi connectivity index (χ0n) is 15.6.